The van der Waals surface area contributed by atoms with E-state index in [1.165, 1.54) is 11.3 Å². The minimum Gasteiger partial charge on any atom is -0.393 e. The smallest absolute Gasteiger partial charge is 0.273 e. The first-order valence-electron chi connectivity index (χ1n) is 6.65. The molecule has 6 heteroatoms. The standard InChI is InChI=1S/C13H20N2O3S/c1-2-4-11-14-10(7-19-11)12(17)15-6-3-5-13(18,8-15)9-16/h7,16,18H,2-6,8-9H2,1H3. The third kappa shape index (κ3) is 3.32. The number of rotatable bonds is 4. The molecule has 5 nitrogen and oxygen atoms in total. The number of amides is 1. The van der Waals surface area contributed by atoms with Crippen LogP contribution in [0.4, 0.5) is 0 Å². The Bertz CT molecular complexity index is 449. The Kier molecular flexibility index (Phi) is 4.54. The summed E-state index contributed by atoms with van der Waals surface area (Å²) in [5, 5.41) is 22.0. The fourth-order valence-corrected chi connectivity index (χ4v) is 3.19. The maximum Gasteiger partial charge on any atom is 0.273 e. The number of likely N-dealkylation sites (tertiary alicyclic amines) is 1. The molecule has 1 fully saturated rings. The molecular formula is C13H20N2O3S. The van der Waals surface area contributed by atoms with Crippen molar-refractivity contribution in [3.8, 4) is 0 Å². The van der Waals surface area contributed by atoms with Gasteiger partial charge in [-0.15, -0.1) is 11.3 Å². The van der Waals surface area contributed by atoms with Crippen molar-refractivity contribution in [3.63, 3.8) is 0 Å². The Morgan fingerprint density at radius 1 is 1.63 bits per heavy atom. The monoisotopic (exact) mass is 284 g/mol. The van der Waals surface area contributed by atoms with Crippen molar-refractivity contribution in [2.24, 2.45) is 0 Å². The molecule has 106 valence electrons. The normalized spacial score (nSPS) is 23.6. The molecule has 1 amide bonds. The number of β-amino-alcohol motifs (C(OH)–C–C–N with tert-alkyl or cyclic N) is 1. The van der Waals surface area contributed by atoms with Gasteiger partial charge in [-0.25, -0.2) is 4.98 Å². The number of aliphatic hydroxyl groups excluding tert-OH is 1. The van der Waals surface area contributed by atoms with Crippen LogP contribution in [-0.2, 0) is 6.42 Å². The molecule has 1 atom stereocenters. The Hall–Kier alpha value is -0.980. The van der Waals surface area contributed by atoms with Gasteiger partial charge in [0, 0.05) is 11.9 Å². The predicted octanol–water partition coefficient (Wildman–Crippen LogP) is 1.06. The van der Waals surface area contributed by atoms with Gasteiger partial charge >= 0.3 is 0 Å². The highest BCUT2D eigenvalue weighted by Crippen LogP contribution is 2.22. The van der Waals surface area contributed by atoms with Crippen molar-refractivity contribution < 1.29 is 15.0 Å². The number of hydrogen-bond acceptors (Lipinski definition) is 5. The molecule has 0 radical (unpaired) electrons. The van der Waals surface area contributed by atoms with E-state index in [9.17, 15) is 15.0 Å². The van der Waals surface area contributed by atoms with Crippen LogP contribution in [0.25, 0.3) is 0 Å². The average Bonchev–Trinajstić information content (AvgIpc) is 2.87. The summed E-state index contributed by atoms with van der Waals surface area (Å²) in [5.41, 5.74) is -0.702. The minimum atomic E-state index is -1.16. The fourth-order valence-electron chi connectivity index (χ4n) is 2.31. The third-order valence-electron chi connectivity index (χ3n) is 3.37. The van der Waals surface area contributed by atoms with Crippen LogP contribution in [0.15, 0.2) is 5.38 Å². The molecule has 1 saturated heterocycles. The molecule has 1 aliphatic rings. The second kappa shape index (κ2) is 5.98. The highest BCUT2D eigenvalue weighted by molar-refractivity contribution is 7.09. The Morgan fingerprint density at radius 3 is 3.11 bits per heavy atom. The Labute approximate surface area is 116 Å². The van der Waals surface area contributed by atoms with Crippen molar-refractivity contribution >= 4 is 17.2 Å². The number of carbonyl (C=O) groups excluding carboxylic acids is 1. The van der Waals surface area contributed by atoms with E-state index < -0.39 is 5.60 Å². The van der Waals surface area contributed by atoms with E-state index in [0.717, 1.165) is 17.8 Å². The van der Waals surface area contributed by atoms with Crippen LogP contribution in [0.1, 0.15) is 41.7 Å². The minimum absolute atomic E-state index is 0.148. The first-order valence-corrected chi connectivity index (χ1v) is 7.53. The largest absolute Gasteiger partial charge is 0.393 e. The molecule has 0 spiro atoms. The summed E-state index contributed by atoms with van der Waals surface area (Å²) in [6.45, 7) is 2.56. The lowest BCUT2D eigenvalue weighted by atomic mass is 9.93. The molecule has 1 aliphatic heterocycles. The van der Waals surface area contributed by atoms with Gasteiger partial charge in [0.05, 0.1) is 18.2 Å². The zero-order chi connectivity index (χ0) is 13.9. The van der Waals surface area contributed by atoms with E-state index in [-0.39, 0.29) is 19.1 Å². The predicted molar refractivity (Wildman–Crippen MR) is 73.3 cm³/mol. The van der Waals surface area contributed by atoms with Crippen LogP contribution in [0.3, 0.4) is 0 Å². The molecule has 2 rings (SSSR count). The third-order valence-corrected chi connectivity index (χ3v) is 4.28. The van der Waals surface area contributed by atoms with Crippen LogP contribution in [0.2, 0.25) is 0 Å². The van der Waals surface area contributed by atoms with Crippen molar-refractivity contribution in [3.05, 3.63) is 16.1 Å². The molecule has 2 N–H and O–H groups in total. The zero-order valence-corrected chi connectivity index (χ0v) is 11.9. The highest BCUT2D eigenvalue weighted by atomic mass is 32.1. The van der Waals surface area contributed by atoms with E-state index in [1.54, 1.807) is 10.3 Å². The van der Waals surface area contributed by atoms with E-state index in [4.69, 9.17) is 0 Å². The van der Waals surface area contributed by atoms with E-state index in [1.807, 2.05) is 0 Å². The van der Waals surface area contributed by atoms with Gasteiger partial charge in [-0.3, -0.25) is 4.79 Å². The summed E-state index contributed by atoms with van der Waals surface area (Å²) < 4.78 is 0. The van der Waals surface area contributed by atoms with Gasteiger partial charge in [0.15, 0.2) is 0 Å². The molecule has 1 aromatic rings. The maximum absolute atomic E-state index is 12.3. The van der Waals surface area contributed by atoms with Crippen molar-refractivity contribution in [1.29, 1.82) is 0 Å². The quantitative estimate of drug-likeness (QED) is 0.867. The van der Waals surface area contributed by atoms with Crippen LogP contribution in [-0.4, -0.2) is 51.3 Å². The summed E-state index contributed by atoms with van der Waals surface area (Å²) >= 11 is 1.50. The van der Waals surface area contributed by atoms with Gasteiger partial charge in [-0.1, -0.05) is 6.92 Å². The van der Waals surface area contributed by atoms with Crippen LogP contribution in [0, 0.1) is 0 Å². The number of nitrogens with zero attached hydrogens (tertiary/aromatic N) is 2. The number of aryl methyl sites for hydroxylation is 1. The molecular weight excluding hydrogens is 264 g/mol. The molecule has 19 heavy (non-hydrogen) atoms. The van der Waals surface area contributed by atoms with Gasteiger partial charge in [0.25, 0.3) is 5.91 Å². The average molecular weight is 284 g/mol. The summed E-state index contributed by atoms with van der Waals surface area (Å²) in [6, 6.07) is 0. The van der Waals surface area contributed by atoms with Gasteiger partial charge in [0.2, 0.25) is 0 Å². The summed E-state index contributed by atoms with van der Waals surface area (Å²) in [6.07, 6.45) is 3.13. The number of thiazole rings is 1. The molecule has 0 saturated carbocycles. The molecule has 0 bridgehead atoms. The molecule has 1 aromatic heterocycles. The number of carbonyl (C=O) groups is 1. The van der Waals surface area contributed by atoms with Crippen LogP contribution in [0.5, 0.6) is 0 Å². The molecule has 0 aromatic carbocycles. The first-order chi connectivity index (χ1) is 9.08. The Morgan fingerprint density at radius 2 is 2.42 bits per heavy atom. The van der Waals surface area contributed by atoms with E-state index >= 15 is 0 Å². The lowest BCUT2D eigenvalue weighted by Gasteiger charge is -2.37. The van der Waals surface area contributed by atoms with Crippen molar-refractivity contribution in [2.75, 3.05) is 19.7 Å². The number of aliphatic hydroxyl groups is 2. The summed E-state index contributed by atoms with van der Waals surface area (Å²) in [4.78, 5) is 18.2. The lowest BCUT2D eigenvalue weighted by Crippen LogP contribution is -2.52. The molecule has 1 unspecified atom stereocenters. The topological polar surface area (TPSA) is 73.7 Å². The van der Waals surface area contributed by atoms with Gasteiger partial charge in [-0.05, 0) is 25.7 Å². The zero-order valence-electron chi connectivity index (χ0n) is 11.1. The van der Waals surface area contributed by atoms with Crippen LogP contribution < -0.4 is 0 Å². The SMILES string of the molecule is CCCc1nc(C(=O)N2CCCC(O)(CO)C2)cs1. The maximum atomic E-state index is 12.3. The molecule has 0 aliphatic carbocycles. The van der Waals surface area contributed by atoms with Crippen LogP contribution >= 0.6 is 11.3 Å². The second-order valence-electron chi connectivity index (χ2n) is 5.09. The van der Waals surface area contributed by atoms with Crippen molar-refractivity contribution in [2.45, 2.75) is 38.2 Å². The number of hydrogen-bond donors (Lipinski definition) is 2. The Balaban J connectivity index is 2.06. The lowest BCUT2D eigenvalue weighted by molar-refractivity contribution is -0.0599. The van der Waals surface area contributed by atoms with Gasteiger partial charge in [0.1, 0.15) is 11.3 Å². The second-order valence-corrected chi connectivity index (χ2v) is 6.03. The number of piperidine rings is 1. The summed E-state index contributed by atoms with van der Waals surface area (Å²) in [7, 11) is 0. The van der Waals surface area contributed by atoms with Gasteiger partial charge in [-0.2, -0.15) is 0 Å². The van der Waals surface area contributed by atoms with Gasteiger partial charge < -0.3 is 15.1 Å². The van der Waals surface area contributed by atoms with E-state index in [0.29, 0.717) is 25.1 Å². The highest BCUT2D eigenvalue weighted by Gasteiger charge is 2.35. The van der Waals surface area contributed by atoms with Crippen molar-refractivity contribution in [1.82, 2.24) is 9.88 Å². The van der Waals surface area contributed by atoms with E-state index in [2.05, 4.69) is 11.9 Å². The first kappa shape index (κ1) is 14.4. The summed E-state index contributed by atoms with van der Waals surface area (Å²) in [5.74, 6) is -0.148. The fraction of sp³-hybridized carbons (Fsp3) is 0.692. The molecule has 2 heterocycles. The number of aromatic nitrogens is 1.